The Morgan fingerprint density at radius 3 is 2.79 bits per heavy atom. The van der Waals surface area contributed by atoms with E-state index in [1.54, 1.807) is 4.90 Å². The number of benzene rings is 2. The molecule has 1 aliphatic carbocycles. The molecule has 38 heavy (non-hydrogen) atoms. The minimum Gasteiger partial charge on any atom is -0.384 e. The number of nitriles is 1. The molecule has 1 atom stereocenters. The van der Waals surface area contributed by atoms with Gasteiger partial charge in [0.15, 0.2) is 10.1 Å². The van der Waals surface area contributed by atoms with Crippen LogP contribution in [0, 0.1) is 18.3 Å². The maximum atomic E-state index is 13.2. The van der Waals surface area contributed by atoms with Crippen molar-refractivity contribution in [2.75, 3.05) is 16.0 Å². The lowest BCUT2D eigenvalue weighted by Gasteiger charge is -2.38. The molecule has 0 bridgehead atoms. The smallest absolute Gasteiger partial charge is 0.234 e. The third-order valence-electron chi connectivity index (χ3n) is 6.42. The first-order valence-electron chi connectivity index (χ1n) is 11.9. The van der Waals surface area contributed by atoms with Gasteiger partial charge in [-0.2, -0.15) is 5.26 Å². The van der Waals surface area contributed by atoms with Crippen molar-refractivity contribution in [3.8, 4) is 6.07 Å². The Morgan fingerprint density at radius 2 is 2.05 bits per heavy atom. The van der Waals surface area contributed by atoms with Crippen LogP contribution in [0.4, 0.5) is 10.8 Å². The van der Waals surface area contributed by atoms with E-state index in [1.807, 2.05) is 55.5 Å². The minimum atomic E-state index is -0.507. The van der Waals surface area contributed by atoms with E-state index in [2.05, 4.69) is 37.5 Å². The summed E-state index contributed by atoms with van der Waals surface area (Å²) in [4.78, 5) is 27.5. The van der Waals surface area contributed by atoms with E-state index in [9.17, 15) is 14.9 Å². The fraction of sp³-hybridized carbons (Fsp3) is 0.222. The number of ketones is 1. The van der Waals surface area contributed by atoms with Crippen molar-refractivity contribution in [2.24, 2.45) is 5.73 Å². The van der Waals surface area contributed by atoms with Crippen molar-refractivity contribution in [3.63, 3.8) is 0 Å². The van der Waals surface area contributed by atoms with Crippen LogP contribution in [0.5, 0.6) is 0 Å². The van der Waals surface area contributed by atoms with Crippen LogP contribution in [0.25, 0.3) is 0 Å². The van der Waals surface area contributed by atoms with Gasteiger partial charge in [-0.3, -0.25) is 14.5 Å². The fourth-order valence-corrected chi connectivity index (χ4v) is 6.87. The lowest BCUT2D eigenvalue weighted by atomic mass is 9.76. The second-order valence-electron chi connectivity index (χ2n) is 8.87. The first-order chi connectivity index (χ1) is 18.4. The van der Waals surface area contributed by atoms with Crippen LogP contribution in [0.15, 0.2) is 80.0 Å². The zero-order valence-corrected chi connectivity index (χ0v) is 23.6. The molecule has 1 unspecified atom stereocenters. The van der Waals surface area contributed by atoms with Gasteiger partial charge in [0.1, 0.15) is 5.82 Å². The number of nitrogens with one attached hydrogen (secondary N) is 1. The zero-order valence-electron chi connectivity index (χ0n) is 20.4. The summed E-state index contributed by atoms with van der Waals surface area (Å²) in [5.41, 5.74) is 10.8. The molecule has 3 aromatic rings. The van der Waals surface area contributed by atoms with Gasteiger partial charge in [-0.15, -0.1) is 10.2 Å². The molecule has 5 rings (SSSR count). The number of hydrogen-bond donors (Lipinski definition) is 2. The van der Waals surface area contributed by atoms with E-state index in [4.69, 9.17) is 5.73 Å². The second kappa shape index (κ2) is 11.1. The van der Waals surface area contributed by atoms with Crippen LogP contribution in [-0.4, -0.2) is 27.6 Å². The van der Waals surface area contributed by atoms with E-state index in [-0.39, 0.29) is 23.3 Å². The molecular formula is C27H23BrN6O2S2. The summed E-state index contributed by atoms with van der Waals surface area (Å²) >= 11 is 5.97. The van der Waals surface area contributed by atoms with Gasteiger partial charge in [0.2, 0.25) is 11.0 Å². The summed E-state index contributed by atoms with van der Waals surface area (Å²) in [6.07, 6.45) is 1.76. The van der Waals surface area contributed by atoms with Gasteiger partial charge < -0.3 is 11.1 Å². The Bertz CT molecular complexity index is 1530. The van der Waals surface area contributed by atoms with Gasteiger partial charge in [-0.05, 0) is 49.1 Å². The lowest BCUT2D eigenvalue weighted by molar-refractivity contribution is -0.116. The zero-order chi connectivity index (χ0) is 26.8. The number of halogens is 1. The first-order valence-corrected chi connectivity index (χ1v) is 14.5. The van der Waals surface area contributed by atoms with E-state index < -0.39 is 5.92 Å². The van der Waals surface area contributed by atoms with Gasteiger partial charge in [0.25, 0.3) is 0 Å². The number of rotatable bonds is 6. The molecule has 1 amide bonds. The maximum Gasteiger partial charge on any atom is 0.234 e. The number of nitrogens with zero attached hydrogens (tertiary/aromatic N) is 4. The lowest BCUT2D eigenvalue weighted by Crippen LogP contribution is -2.38. The molecule has 0 fully saturated rings. The predicted octanol–water partition coefficient (Wildman–Crippen LogP) is 5.64. The molecular weight excluding hydrogens is 584 g/mol. The summed E-state index contributed by atoms with van der Waals surface area (Å²) in [6, 6.07) is 17.4. The van der Waals surface area contributed by atoms with Crippen molar-refractivity contribution in [1.29, 1.82) is 5.26 Å². The Labute approximate surface area is 236 Å². The monoisotopic (exact) mass is 606 g/mol. The number of aryl methyl sites for hydroxylation is 1. The average Bonchev–Trinajstić information content (AvgIpc) is 3.37. The van der Waals surface area contributed by atoms with E-state index in [1.165, 1.54) is 23.1 Å². The van der Waals surface area contributed by atoms with Crippen LogP contribution in [0.3, 0.4) is 0 Å². The highest BCUT2D eigenvalue weighted by Gasteiger charge is 2.41. The Morgan fingerprint density at radius 1 is 1.26 bits per heavy atom. The third kappa shape index (κ3) is 5.12. The molecule has 11 heteroatoms. The first kappa shape index (κ1) is 26.2. The topological polar surface area (TPSA) is 125 Å². The molecule has 1 aliphatic heterocycles. The van der Waals surface area contributed by atoms with Gasteiger partial charge in [-0.25, -0.2) is 0 Å². The second-order valence-corrected chi connectivity index (χ2v) is 12.0. The molecule has 192 valence electrons. The molecule has 2 aromatic carbocycles. The Kier molecular flexibility index (Phi) is 7.65. The van der Waals surface area contributed by atoms with E-state index >= 15 is 0 Å². The van der Waals surface area contributed by atoms with Crippen molar-refractivity contribution < 1.29 is 9.59 Å². The summed E-state index contributed by atoms with van der Waals surface area (Å²) in [7, 11) is 0. The molecule has 2 aliphatic rings. The highest BCUT2D eigenvalue weighted by Crippen LogP contribution is 2.47. The van der Waals surface area contributed by atoms with E-state index in [0.717, 1.165) is 27.0 Å². The average molecular weight is 608 g/mol. The minimum absolute atomic E-state index is 0.0179. The highest BCUT2D eigenvalue weighted by molar-refractivity contribution is 9.10. The highest BCUT2D eigenvalue weighted by atomic mass is 79.9. The van der Waals surface area contributed by atoms with Gasteiger partial charge >= 0.3 is 0 Å². The van der Waals surface area contributed by atoms with Crippen molar-refractivity contribution in [1.82, 2.24) is 10.2 Å². The van der Waals surface area contributed by atoms with Crippen LogP contribution in [-0.2, 0) is 9.59 Å². The fourth-order valence-electron chi connectivity index (χ4n) is 4.72. The number of allylic oxidation sites excluding steroid dienone is 3. The van der Waals surface area contributed by atoms with Gasteiger partial charge in [-0.1, -0.05) is 69.4 Å². The van der Waals surface area contributed by atoms with Crippen LogP contribution in [0.2, 0.25) is 0 Å². The normalized spacial score (nSPS) is 17.3. The molecule has 0 saturated heterocycles. The molecule has 0 spiro atoms. The van der Waals surface area contributed by atoms with Crippen molar-refractivity contribution in [3.05, 3.63) is 86.8 Å². The van der Waals surface area contributed by atoms with Crippen LogP contribution < -0.4 is 16.0 Å². The third-order valence-corrected chi connectivity index (χ3v) is 8.96. The van der Waals surface area contributed by atoms with Crippen molar-refractivity contribution in [2.45, 2.75) is 36.4 Å². The molecule has 8 nitrogen and oxygen atoms in total. The van der Waals surface area contributed by atoms with Gasteiger partial charge in [0, 0.05) is 27.9 Å². The summed E-state index contributed by atoms with van der Waals surface area (Å²) in [6.45, 7) is 1.93. The van der Waals surface area contributed by atoms with E-state index in [0.29, 0.717) is 39.9 Å². The Balaban J connectivity index is 1.40. The molecule has 3 N–H and O–H groups in total. The van der Waals surface area contributed by atoms with Gasteiger partial charge in [0.05, 0.1) is 23.3 Å². The number of hydrogen-bond acceptors (Lipinski definition) is 9. The number of amides is 1. The number of Topliss-reactive ketones (excluding diaryl/α,β-unsaturated/α-hetero) is 1. The Hall–Kier alpha value is -3.46. The van der Waals surface area contributed by atoms with Crippen LogP contribution >= 0.6 is 39.0 Å². The van der Waals surface area contributed by atoms with Crippen molar-refractivity contribution >= 4 is 61.5 Å². The summed E-state index contributed by atoms with van der Waals surface area (Å²) in [5.74, 6) is -0.237. The SMILES string of the molecule is Cc1cc(Br)ccc1NC(=O)CSc1nnc(N2C(N)=C(C#N)C(c3ccccc3)C3=C2CCCC3=O)s1. The summed E-state index contributed by atoms with van der Waals surface area (Å²) in [5, 5.41) is 22.1. The quantitative estimate of drug-likeness (QED) is 0.345. The maximum absolute atomic E-state index is 13.2. The number of carbonyl (C=O) groups excluding carboxylic acids is 2. The number of thioether (sulfide) groups is 1. The number of aromatic nitrogens is 2. The molecule has 1 aromatic heterocycles. The summed E-state index contributed by atoms with van der Waals surface area (Å²) < 4.78 is 1.53. The number of nitrogens with two attached hydrogens (primary N) is 1. The largest absolute Gasteiger partial charge is 0.384 e. The number of anilines is 2. The number of carbonyl (C=O) groups is 2. The molecule has 0 saturated carbocycles. The molecule has 0 radical (unpaired) electrons. The van der Waals surface area contributed by atoms with Crippen LogP contribution in [0.1, 0.15) is 36.3 Å². The molecule has 2 heterocycles. The standard InChI is InChI=1S/C27H23BrN6O2S2/c1-15-12-17(28)10-11-19(15)31-22(36)14-37-27-33-32-26(38-27)34-20-8-5-9-21(35)24(20)23(18(13-29)25(34)30)16-6-3-2-4-7-16/h2-4,6-7,10-12,23H,5,8-9,14,30H2,1H3,(H,31,36). The predicted molar refractivity (Wildman–Crippen MR) is 153 cm³/mol.